The smallest absolute Gasteiger partial charge is 0.251 e. The maximum Gasteiger partial charge on any atom is 0.251 e. The number of furan rings is 1. The quantitative estimate of drug-likeness (QED) is 0.440. The van der Waals surface area contributed by atoms with Crippen molar-refractivity contribution in [2.75, 3.05) is 12.4 Å². The zero-order valence-corrected chi connectivity index (χ0v) is 19.6. The fourth-order valence-electron chi connectivity index (χ4n) is 2.95. The molecule has 0 saturated heterocycles. The van der Waals surface area contributed by atoms with Gasteiger partial charge in [-0.3, -0.25) is 14.4 Å². The van der Waals surface area contributed by atoms with Crippen LogP contribution in [0.15, 0.2) is 46.2 Å². The van der Waals surface area contributed by atoms with Crippen molar-refractivity contribution in [1.29, 1.82) is 0 Å². The van der Waals surface area contributed by atoms with Gasteiger partial charge in [0.05, 0.1) is 13.7 Å². The molecule has 0 aliphatic heterocycles. The Bertz CT molecular complexity index is 1120. The van der Waals surface area contributed by atoms with Gasteiger partial charge in [0.25, 0.3) is 5.91 Å². The normalized spacial score (nSPS) is 11.7. The van der Waals surface area contributed by atoms with Crippen LogP contribution in [0.4, 0.5) is 5.13 Å². The van der Waals surface area contributed by atoms with Crippen molar-refractivity contribution in [3.63, 3.8) is 0 Å². The Morgan fingerprint density at radius 1 is 1.12 bits per heavy atom. The van der Waals surface area contributed by atoms with E-state index in [0.29, 0.717) is 33.7 Å². The molecule has 3 amide bonds. The molecule has 33 heavy (non-hydrogen) atoms. The first-order valence-electron chi connectivity index (χ1n) is 10.3. The molecule has 1 aromatic carbocycles. The minimum Gasteiger partial charge on any atom is -0.497 e. The molecule has 0 spiro atoms. The summed E-state index contributed by atoms with van der Waals surface area (Å²) in [4.78, 5) is 40.9. The molecule has 9 nitrogen and oxygen atoms in total. The van der Waals surface area contributed by atoms with Crippen molar-refractivity contribution in [2.45, 2.75) is 33.4 Å². The predicted molar refractivity (Wildman–Crippen MR) is 125 cm³/mol. The number of thiazole rings is 1. The maximum atomic E-state index is 12.9. The zero-order valence-electron chi connectivity index (χ0n) is 18.8. The number of aromatic nitrogens is 1. The maximum absolute atomic E-state index is 12.9. The van der Waals surface area contributed by atoms with Crippen LogP contribution >= 0.6 is 11.3 Å². The third kappa shape index (κ3) is 6.42. The average Bonchev–Trinajstić information content (AvgIpc) is 3.45. The number of ether oxygens (including phenoxy) is 1. The minimum atomic E-state index is -0.750. The summed E-state index contributed by atoms with van der Waals surface area (Å²) in [5.41, 5.74) is 0.992. The summed E-state index contributed by atoms with van der Waals surface area (Å²) >= 11 is 1.25. The van der Waals surface area contributed by atoms with Crippen LogP contribution in [0.3, 0.4) is 0 Å². The minimum absolute atomic E-state index is 0.145. The Balaban J connectivity index is 1.64. The van der Waals surface area contributed by atoms with Crippen molar-refractivity contribution in [1.82, 2.24) is 15.6 Å². The van der Waals surface area contributed by atoms with Crippen LogP contribution in [0.1, 0.15) is 36.9 Å². The van der Waals surface area contributed by atoms with Gasteiger partial charge in [0, 0.05) is 17.9 Å². The van der Waals surface area contributed by atoms with Crippen molar-refractivity contribution < 1.29 is 23.5 Å². The summed E-state index contributed by atoms with van der Waals surface area (Å²) in [5, 5.41) is 10.4. The van der Waals surface area contributed by atoms with Gasteiger partial charge in [-0.05, 0) is 42.3 Å². The molecule has 2 heterocycles. The summed E-state index contributed by atoms with van der Waals surface area (Å²) in [6, 6.07) is 9.41. The molecule has 3 rings (SSSR count). The molecular formula is C23H26N4O5S. The number of rotatable bonds is 9. The van der Waals surface area contributed by atoms with Crippen LogP contribution in [-0.2, 0) is 16.1 Å². The first-order chi connectivity index (χ1) is 15.8. The number of nitrogens with zero attached hydrogens (tertiary/aromatic N) is 1. The van der Waals surface area contributed by atoms with Crippen LogP contribution in [0.25, 0.3) is 11.5 Å². The van der Waals surface area contributed by atoms with E-state index >= 15 is 0 Å². The van der Waals surface area contributed by atoms with E-state index < -0.39 is 6.04 Å². The molecule has 0 saturated carbocycles. The van der Waals surface area contributed by atoms with Crippen molar-refractivity contribution in [3.8, 4) is 17.2 Å². The van der Waals surface area contributed by atoms with Crippen LogP contribution in [0, 0.1) is 5.92 Å². The van der Waals surface area contributed by atoms with Crippen molar-refractivity contribution in [2.24, 2.45) is 5.92 Å². The van der Waals surface area contributed by atoms with Gasteiger partial charge in [-0.15, -0.1) is 11.3 Å². The second kappa shape index (κ2) is 10.8. The first kappa shape index (κ1) is 24.0. The molecule has 2 aromatic heterocycles. The molecule has 10 heteroatoms. The Hall–Kier alpha value is -3.66. The van der Waals surface area contributed by atoms with Crippen molar-refractivity contribution in [3.05, 3.63) is 53.1 Å². The fourth-order valence-corrected chi connectivity index (χ4v) is 3.65. The number of hydrogen-bond donors (Lipinski definition) is 3. The van der Waals surface area contributed by atoms with E-state index in [1.54, 1.807) is 48.9 Å². The van der Waals surface area contributed by atoms with E-state index in [-0.39, 0.29) is 30.2 Å². The van der Waals surface area contributed by atoms with Gasteiger partial charge >= 0.3 is 0 Å². The van der Waals surface area contributed by atoms with E-state index in [2.05, 4.69) is 20.9 Å². The molecule has 3 aromatic rings. The Kier molecular flexibility index (Phi) is 7.83. The lowest BCUT2D eigenvalue weighted by Crippen LogP contribution is -2.47. The van der Waals surface area contributed by atoms with E-state index in [9.17, 15) is 14.4 Å². The second-order valence-corrected chi connectivity index (χ2v) is 8.48. The monoisotopic (exact) mass is 470 g/mol. The number of methoxy groups -OCH3 is 1. The molecule has 0 radical (unpaired) electrons. The number of anilines is 1. The predicted octanol–water partition coefficient (Wildman–Crippen LogP) is 3.44. The lowest BCUT2D eigenvalue weighted by atomic mass is 10.0. The lowest BCUT2D eigenvalue weighted by molar-refractivity contribution is -0.119. The van der Waals surface area contributed by atoms with E-state index in [1.165, 1.54) is 18.3 Å². The van der Waals surface area contributed by atoms with Gasteiger partial charge in [-0.25, -0.2) is 4.98 Å². The van der Waals surface area contributed by atoms with Crippen LogP contribution < -0.4 is 20.7 Å². The lowest BCUT2D eigenvalue weighted by Gasteiger charge is -2.21. The third-order valence-corrected chi connectivity index (χ3v) is 5.51. The largest absolute Gasteiger partial charge is 0.497 e. The molecule has 0 unspecified atom stereocenters. The second-order valence-electron chi connectivity index (χ2n) is 7.63. The molecule has 174 valence electrons. The molecule has 0 aliphatic rings. The van der Waals surface area contributed by atoms with E-state index in [0.717, 1.165) is 0 Å². The highest BCUT2D eigenvalue weighted by atomic mass is 32.1. The summed E-state index contributed by atoms with van der Waals surface area (Å²) in [5.74, 6) is 0.758. The van der Waals surface area contributed by atoms with Gasteiger partial charge in [-0.2, -0.15) is 0 Å². The summed E-state index contributed by atoms with van der Waals surface area (Å²) in [7, 11) is 1.55. The van der Waals surface area contributed by atoms with Gasteiger partial charge in [0.15, 0.2) is 10.9 Å². The third-order valence-electron chi connectivity index (χ3n) is 4.75. The molecular weight excluding hydrogens is 444 g/mol. The molecule has 3 N–H and O–H groups in total. The zero-order chi connectivity index (χ0) is 24.0. The van der Waals surface area contributed by atoms with Gasteiger partial charge in [0.2, 0.25) is 11.8 Å². The van der Waals surface area contributed by atoms with Gasteiger partial charge in [-0.1, -0.05) is 13.8 Å². The number of carbonyl (C=O) groups excluding carboxylic acids is 3. The van der Waals surface area contributed by atoms with Crippen LogP contribution in [0.5, 0.6) is 5.75 Å². The van der Waals surface area contributed by atoms with Gasteiger partial charge < -0.3 is 25.1 Å². The van der Waals surface area contributed by atoms with E-state index in [1.807, 2.05) is 13.8 Å². The number of benzene rings is 1. The SMILES string of the molecule is COc1ccc(C(=O)N[C@H](C(=O)Nc2nc(-c3ccc(CNC(C)=O)o3)cs2)C(C)C)cc1. The molecule has 0 fully saturated rings. The molecule has 0 bridgehead atoms. The summed E-state index contributed by atoms with van der Waals surface area (Å²) in [6.07, 6.45) is 0. The Morgan fingerprint density at radius 2 is 1.85 bits per heavy atom. The number of nitrogens with one attached hydrogen (secondary N) is 3. The number of carbonyl (C=O) groups is 3. The van der Waals surface area contributed by atoms with Gasteiger partial charge in [0.1, 0.15) is 23.2 Å². The standard InChI is InChI=1S/C23H26N4O5S/c1-13(2)20(26-21(29)15-5-7-16(31-4)8-6-15)22(30)27-23-25-18(12-33-23)19-10-9-17(32-19)11-24-14(3)28/h5-10,12-13,20H,11H2,1-4H3,(H,24,28)(H,26,29)(H,25,27,30)/t20-/m0/s1. The summed E-state index contributed by atoms with van der Waals surface area (Å²) < 4.78 is 10.8. The topological polar surface area (TPSA) is 123 Å². The highest BCUT2D eigenvalue weighted by Gasteiger charge is 2.25. The number of amides is 3. The van der Waals surface area contributed by atoms with E-state index in [4.69, 9.17) is 9.15 Å². The Morgan fingerprint density at radius 3 is 2.48 bits per heavy atom. The Labute approximate surface area is 195 Å². The molecule has 1 atom stereocenters. The van der Waals surface area contributed by atoms with Crippen LogP contribution in [0.2, 0.25) is 0 Å². The highest BCUT2D eigenvalue weighted by Crippen LogP contribution is 2.27. The van der Waals surface area contributed by atoms with Crippen molar-refractivity contribution >= 4 is 34.2 Å². The average molecular weight is 471 g/mol. The fraction of sp³-hybridized carbons (Fsp3) is 0.304. The van der Waals surface area contributed by atoms with Crippen LogP contribution in [-0.4, -0.2) is 35.9 Å². The number of hydrogen-bond acceptors (Lipinski definition) is 7. The summed E-state index contributed by atoms with van der Waals surface area (Å²) in [6.45, 7) is 5.42. The highest BCUT2D eigenvalue weighted by molar-refractivity contribution is 7.14. The molecule has 0 aliphatic carbocycles. The first-order valence-corrected chi connectivity index (χ1v) is 11.2.